The lowest BCUT2D eigenvalue weighted by Gasteiger charge is -2.28. The number of aliphatic hydroxyl groups is 1. The fourth-order valence-corrected chi connectivity index (χ4v) is 3.02. The van der Waals surface area contributed by atoms with Gasteiger partial charge >= 0.3 is 0 Å². The zero-order valence-corrected chi connectivity index (χ0v) is 15.7. The molecule has 0 aromatic rings. The first kappa shape index (κ1) is 20.0. The Hall–Kier alpha value is -1.01. The minimum atomic E-state index is -0.654. The quantitative estimate of drug-likeness (QED) is 0.405. The van der Waals surface area contributed by atoms with E-state index in [0.29, 0.717) is 0 Å². The molecule has 0 aromatic carbocycles. The third-order valence-corrected chi connectivity index (χ3v) is 5.19. The normalized spacial score (nSPS) is 20.2. The summed E-state index contributed by atoms with van der Waals surface area (Å²) < 4.78 is 5.03. The van der Waals surface area contributed by atoms with Crippen LogP contribution in [-0.2, 0) is 9.53 Å². The van der Waals surface area contributed by atoms with Crippen molar-refractivity contribution < 1.29 is 14.6 Å². The average Bonchev–Trinajstić information content (AvgIpc) is 2.45. The Labute approximate surface area is 143 Å². The van der Waals surface area contributed by atoms with E-state index >= 15 is 0 Å². The molecule has 1 heterocycles. The molecule has 1 saturated heterocycles. The van der Waals surface area contributed by atoms with Crippen LogP contribution < -0.4 is 5.32 Å². The van der Waals surface area contributed by atoms with Gasteiger partial charge in [0.25, 0.3) is 0 Å². The fraction of sp³-hybridized carbons (Fsp3) is 0.765. The zero-order valence-electron chi connectivity index (χ0n) is 14.9. The number of aliphatic hydroxyl groups excluding tert-OH is 1. The average molecular weight is 343 g/mol. The molecular formula is C17H30N2O3S. The lowest BCUT2D eigenvalue weighted by Crippen LogP contribution is -2.43. The minimum Gasteiger partial charge on any atom is -0.512 e. The molecule has 1 fully saturated rings. The summed E-state index contributed by atoms with van der Waals surface area (Å²) in [6.45, 7) is 10.0. The van der Waals surface area contributed by atoms with Gasteiger partial charge in [-0.15, -0.1) is 11.8 Å². The summed E-state index contributed by atoms with van der Waals surface area (Å²) in [4.78, 5) is 12.4. The third kappa shape index (κ3) is 6.96. The molecule has 23 heavy (non-hydrogen) atoms. The van der Waals surface area contributed by atoms with Gasteiger partial charge < -0.3 is 15.2 Å². The van der Waals surface area contributed by atoms with Gasteiger partial charge in [0, 0.05) is 23.9 Å². The lowest BCUT2D eigenvalue weighted by molar-refractivity contribution is -0.121. The number of amides is 1. The standard InChI is InChI=1S/C17H30N2O3S/c1-16(2,3)13(20)10-14(18)19-15(21)17(4,5)23-11-12-8-6-7-9-22-12/h10,12,20H,6-9,11H2,1-5H3,(H2,18,19,21)/b13-10-. The number of carbonyl (C=O) groups is 1. The minimum absolute atomic E-state index is 0.0730. The van der Waals surface area contributed by atoms with Crippen molar-refractivity contribution in [3.8, 4) is 0 Å². The lowest BCUT2D eigenvalue weighted by atomic mass is 9.93. The first-order valence-corrected chi connectivity index (χ1v) is 9.07. The Morgan fingerprint density at radius 2 is 2.00 bits per heavy atom. The van der Waals surface area contributed by atoms with Crippen molar-refractivity contribution in [1.82, 2.24) is 5.32 Å². The van der Waals surface area contributed by atoms with Crippen molar-refractivity contribution in [2.24, 2.45) is 5.41 Å². The Kier molecular flexibility index (Phi) is 7.14. The van der Waals surface area contributed by atoms with Gasteiger partial charge in [-0.05, 0) is 33.1 Å². The SMILES string of the molecule is CC(C)(SCC1CCCCO1)C(=O)NC(=N)/C=C(\O)C(C)(C)C. The van der Waals surface area contributed by atoms with E-state index in [2.05, 4.69) is 5.32 Å². The Balaban J connectivity index is 2.52. The van der Waals surface area contributed by atoms with Crippen molar-refractivity contribution in [2.75, 3.05) is 12.4 Å². The fourth-order valence-electron chi connectivity index (χ4n) is 1.97. The number of carbonyl (C=O) groups excluding carboxylic acids is 1. The van der Waals surface area contributed by atoms with Crippen LogP contribution in [0.2, 0.25) is 0 Å². The maximum absolute atomic E-state index is 12.4. The van der Waals surface area contributed by atoms with E-state index < -0.39 is 10.2 Å². The molecule has 0 spiro atoms. The van der Waals surface area contributed by atoms with Crippen molar-refractivity contribution in [3.05, 3.63) is 11.8 Å². The highest BCUT2D eigenvalue weighted by atomic mass is 32.2. The molecule has 1 unspecified atom stereocenters. The molecule has 0 aromatic heterocycles. The molecule has 1 amide bonds. The van der Waals surface area contributed by atoms with E-state index in [-0.39, 0.29) is 23.6 Å². The second kappa shape index (κ2) is 8.20. The molecular weight excluding hydrogens is 312 g/mol. The van der Waals surface area contributed by atoms with Crippen LogP contribution in [0.4, 0.5) is 0 Å². The number of thioether (sulfide) groups is 1. The maximum atomic E-state index is 12.4. The van der Waals surface area contributed by atoms with Crippen molar-refractivity contribution >= 4 is 23.5 Å². The van der Waals surface area contributed by atoms with Gasteiger partial charge in [0.2, 0.25) is 5.91 Å². The summed E-state index contributed by atoms with van der Waals surface area (Å²) in [6.07, 6.45) is 4.85. The first-order valence-electron chi connectivity index (χ1n) is 8.09. The van der Waals surface area contributed by atoms with Crippen LogP contribution in [-0.4, -0.2) is 40.1 Å². The van der Waals surface area contributed by atoms with Crippen molar-refractivity contribution in [1.29, 1.82) is 5.41 Å². The van der Waals surface area contributed by atoms with Crippen LogP contribution in [0.1, 0.15) is 53.9 Å². The van der Waals surface area contributed by atoms with Gasteiger partial charge in [-0.1, -0.05) is 20.8 Å². The highest BCUT2D eigenvalue weighted by Gasteiger charge is 2.30. The number of allylic oxidation sites excluding steroid dienone is 1. The number of hydrogen-bond donors (Lipinski definition) is 3. The Morgan fingerprint density at radius 3 is 2.52 bits per heavy atom. The molecule has 1 aliphatic rings. The second-order valence-electron chi connectivity index (χ2n) is 7.46. The van der Waals surface area contributed by atoms with E-state index in [4.69, 9.17) is 10.1 Å². The predicted molar refractivity (Wildman–Crippen MR) is 96.2 cm³/mol. The van der Waals surface area contributed by atoms with Gasteiger partial charge in [0.05, 0.1) is 10.9 Å². The number of nitrogens with one attached hydrogen (secondary N) is 2. The first-order chi connectivity index (χ1) is 10.5. The third-order valence-electron chi connectivity index (χ3n) is 3.75. The summed E-state index contributed by atoms with van der Waals surface area (Å²) in [5, 5.41) is 20.3. The number of rotatable bonds is 5. The number of ether oxygens (including phenoxy) is 1. The van der Waals surface area contributed by atoms with Gasteiger partial charge in [-0.25, -0.2) is 0 Å². The van der Waals surface area contributed by atoms with Gasteiger partial charge in [0.15, 0.2) is 0 Å². The van der Waals surface area contributed by atoms with Crippen LogP contribution in [0.3, 0.4) is 0 Å². The van der Waals surface area contributed by atoms with E-state index in [1.165, 1.54) is 12.5 Å². The molecule has 1 atom stereocenters. The molecule has 1 aliphatic heterocycles. The summed E-state index contributed by atoms with van der Waals surface area (Å²) in [7, 11) is 0. The van der Waals surface area contributed by atoms with Crippen LogP contribution in [0.25, 0.3) is 0 Å². The topological polar surface area (TPSA) is 82.4 Å². The maximum Gasteiger partial charge on any atom is 0.241 e. The van der Waals surface area contributed by atoms with Crippen LogP contribution in [0.5, 0.6) is 0 Å². The Morgan fingerprint density at radius 1 is 1.35 bits per heavy atom. The molecule has 0 saturated carbocycles. The van der Waals surface area contributed by atoms with E-state index in [1.807, 2.05) is 34.6 Å². The number of hydrogen-bond acceptors (Lipinski definition) is 5. The van der Waals surface area contributed by atoms with E-state index in [9.17, 15) is 9.90 Å². The summed E-state index contributed by atoms with van der Waals surface area (Å²) in [5.41, 5.74) is -0.445. The smallest absolute Gasteiger partial charge is 0.241 e. The predicted octanol–water partition coefficient (Wildman–Crippen LogP) is 3.65. The summed E-state index contributed by atoms with van der Waals surface area (Å²) >= 11 is 1.54. The zero-order chi connectivity index (χ0) is 17.7. The highest BCUT2D eigenvalue weighted by Crippen LogP contribution is 2.28. The van der Waals surface area contributed by atoms with Crippen molar-refractivity contribution in [2.45, 2.75) is 64.7 Å². The van der Waals surface area contributed by atoms with Gasteiger partial charge in [-0.2, -0.15) is 0 Å². The van der Waals surface area contributed by atoms with Crippen LogP contribution >= 0.6 is 11.8 Å². The number of amidine groups is 1. The largest absolute Gasteiger partial charge is 0.512 e. The highest BCUT2D eigenvalue weighted by molar-refractivity contribution is 8.01. The summed E-state index contributed by atoms with van der Waals surface area (Å²) in [5.74, 6) is 0.520. The van der Waals surface area contributed by atoms with E-state index in [1.54, 1.807) is 11.8 Å². The molecule has 6 heteroatoms. The Bertz CT molecular complexity index is 461. The van der Waals surface area contributed by atoms with Crippen molar-refractivity contribution in [3.63, 3.8) is 0 Å². The molecule has 1 rings (SSSR count). The van der Waals surface area contributed by atoms with Gasteiger partial charge in [0.1, 0.15) is 11.6 Å². The molecule has 5 nitrogen and oxygen atoms in total. The monoisotopic (exact) mass is 342 g/mol. The molecule has 0 bridgehead atoms. The molecule has 3 N–H and O–H groups in total. The van der Waals surface area contributed by atoms with Crippen LogP contribution in [0, 0.1) is 10.8 Å². The molecule has 0 aliphatic carbocycles. The summed E-state index contributed by atoms with van der Waals surface area (Å²) in [6, 6.07) is 0. The second-order valence-corrected chi connectivity index (χ2v) is 9.10. The van der Waals surface area contributed by atoms with Gasteiger partial charge in [-0.3, -0.25) is 10.2 Å². The molecule has 132 valence electrons. The molecule has 0 radical (unpaired) electrons. The van der Waals surface area contributed by atoms with Crippen LogP contribution in [0.15, 0.2) is 11.8 Å². The van der Waals surface area contributed by atoms with E-state index in [0.717, 1.165) is 25.2 Å².